The summed E-state index contributed by atoms with van der Waals surface area (Å²) >= 11 is 0. The lowest BCUT2D eigenvalue weighted by Gasteiger charge is -2.33. The molecule has 0 aromatic heterocycles. The summed E-state index contributed by atoms with van der Waals surface area (Å²) in [6.07, 6.45) is 2.92. The van der Waals surface area contributed by atoms with Crippen LogP contribution in [0.3, 0.4) is 0 Å². The van der Waals surface area contributed by atoms with E-state index in [1.54, 1.807) is 42.5 Å². The first-order chi connectivity index (χ1) is 14.9. The number of carbonyl (C=O) groups excluding carboxylic acids is 3. The number of hydrogen-bond acceptors (Lipinski definition) is 3. The van der Waals surface area contributed by atoms with Gasteiger partial charge in [-0.3, -0.25) is 14.4 Å². The number of benzene rings is 2. The van der Waals surface area contributed by atoms with E-state index in [1.807, 2.05) is 4.90 Å². The molecule has 1 atom stereocenters. The molecule has 1 aliphatic heterocycles. The molecule has 0 radical (unpaired) electrons. The molecule has 2 aromatic carbocycles. The number of hydrogen-bond donors (Lipinski definition) is 2. The average molecular weight is 426 g/mol. The first kappa shape index (κ1) is 22.5. The Bertz CT molecular complexity index is 930. The number of carbonyl (C=O) groups is 3. The summed E-state index contributed by atoms with van der Waals surface area (Å²) in [4.78, 5) is 38.0. The largest absolute Gasteiger partial charge is 0.352 e. The Labute approximate surface area is 181 Å². The van der Waals surface area contributed by atoms with Crippen LogP contribution in [-0.2, 0) is 16.1 Å². The van der Waals surface area contributed by atoms with Crippen molar-refractivity contribution in [2.45, 2.75) is 39.2 Å². The summed E-state index contributed by atoms with van der Waals surface area (Å²) in [7, 11) is 0. The molecular formula is C24H28FN3O3. The van der Waals surface area contributed by atoms with Crippen LogP contribution in [0.1, 0.15) is 48.5 Å². The zero-order chi connectivity index (χ0) is 22.2. The van der Waals surface area contributed by atoms with Gasteiger partial charge in [0.2, 0.25) is 11.8 Å². The normalized spacial score (nSPS) is 15.9. The highest BCUT2D eigenvalue weighted by Gasteiger charge is 2.25. The molecule has 6 nitrogen and oxygen atoms in total. The van der Waals surface area contributed by atoms with Gasteiger partial charge in [-0.1, -0.05) is 18.2 Å². The van der Waals surface area contributed by atoms with Crippen LogP contribution in [0.4, 0.5) is 10.1 Å². The molecule has 3 rings (SSSR count). The second-order valence-corrected chi connectivity index (χ2v) is 7.92. The van der Waals surface area contributed by atoms with Crippen LogP contribution in [0.5, 0.6) is 0 Å². The topological polar surface area (TPSA) is 78.5 Å². The summed E-state index contributed by atoms with van der Waals surface area (Å²) in [5.41, 5.74) is 1.70. The molecule has 2 aromatic rings. The van der Waals surface area contributed by atoms with Crippen LogP contribution in [0.15, 0.2) is 48.5 Å². The summed E-state index contributed by atoms with van der Waals surface area (Å²) in [6, 6.07) is 13.3. The molecule has 1 saturated heterocycles. The number of amides is 3. The van der Waals surface area contributed by atoms with Gasteiger partial charge in [0.15, 0.2) is 0 Å². The monoisotopic (exact) mass is 425 g/mol. The maximum absolute atomic E-state index is 13.6. The van der Waals surface area contributed by atoms with Crippen LogP contribution < -0.4 is 10.6 Å². The standard InChI is InChI=1S/C24H28FN3O3/c1-17(29)27-21-11-9-19(10-12-21)24(31)28-14-4-5-18(16-28)8-13-23(30)26-15-20-6-2-3-7-22(20)25/h2-3,6-7,9-12,18H,4-5,8,13-16H2,1H3,(H,26,30)(H,27,29). The van der Waals surface area contributed by atoms with Crippen molar-refractivity contribution in [1.82, 2.24) is 10.2 Å². The maximum atomic E-state index is 13.6. The molecule has 0 saturated carbocycles. The van der Waals surface area contributed by atoms with E-state index in [9.17, 15) is 18.8 Å². The van der Waals surface area contributed by atoms with E-state index in [4.69, 9.17) is 0 Å². The van der Waals surface area contributed by atoms with Crippen LogP contribution in [-0.4, -0.2) is 35.7 Å². The van der Waals surface area contributed by atoms with Crippen molar-refractivity contribution in [1.29, 1.82) is 0 Å². The predicted molar refractivity (Wildman–Crippen MR) is 117 cm³/mol. The van der Waals surface area contributed by atoms with Crippen molar-refractivity contribution >= 4 is 23.4 Å². The van der Waals surface area contributed by atoms with Gasteiger partial charge >= 0.3 is 0 Å². The molecule has 7 heteroatoms. The third-order valence-corrected chi connectivity index (χ3v) is 5.47. The minimum atomic E-state index is -0.325. The Balaban J connectivity index is 1.46. The van der Waals surface area contributed by atoms with Crippen LogP contribution in [0.25, 0.3) is 0 Å². The van der Waals surface area contributed by atoms with Crippen LogP contribution >= 0.6 is 0 Å². The second-order valence-electron chi connectivity index (χ2n) is 7.92. The van der Waals surface area contributed by atoms with Gasteiger partial charge in [-0.25, -0.2) is 4.39 Å². The zero-order valence-corrected chi connectivity index (χ0v) is 17.7. The number of anilines is 1. The summed E-state index contributed by atoms with van der Waals surface area (Å²) < 4.78 is 13.6. The van der Waals surface area contributed by atoms with Gasteiger partial charge in [0.25, 0.3) is 5.91 Å². The SMILES string of the molecule is CC(=O)Nc1ccc(C(=O)N2CCCC(CCC(=O)NCc3ccccc3F)C2)cc1. The van der Waals surface area contributed by atoms with E-state index >= 15 is 0 Å². The van der Waals surface area contributed by atoms with Gasteiger partial charge in [-0.2, -0.15) is 0 Å². The smallest absolute Gasteiger partial charge is 0.253 e. The molecule has 1 unspecified atom stereocenters. The molecule has 1 aliphatic rings. The summed E-state index contributed by atoms with van der Waals surface area (Å²) in [5, 5.41) is 5.45. The van der Waals surface area contributed by atoms with E-state index in [-0.39, 0.29) is 36.0 Å². The van der Waals surface area contributed by atoms with Crippen molar-refractivity contribution in [2.24, 2.45) is 5.92 Å². The lowest BCUT2D eigenvalue weighted by molar-refractivity contribution is -0.121. The van der Waals surface area contributed by atoms with Crippen molar-refractivity contribution in [2.75, 3.05) is 18.4 Å². The quantitative estimate of drug-likeness (QED) is 0.710. The Morgan fingerprint density at radius 1 is 1.10 bits per heavy atom. The molecular weight excluding hydrogens is 397 g/mol. The highest BCUT2D eigenvalue weighted by Crippen LogP contribution is 2.23. The first-order valence-corrected chi connectivity index (χ1v) is 10.6. The maximum Gasteiger partial charge on any atom is 0.253 e. The minimum Gasteiger partial charge on any atom is -0.352 e. The van der Waals surface area contributed by atoms with Crippen molar-refractivity contribution < 1.29 is 18.8 Å². The fraction of sp³-hybridized carbons (Fsp3) is 0.375. The van der Waals surface area contributed by atoms with Gasteiger partial charge in [0, 0.05) is 49.8 Å². The van der Waals surface area contributed by atoms with E-state index in [1.165, 1.54) is 13.0 Å². The van der Waals surface area contributed by atoms with E-state index in [0.717, 1.165) is 12.8 Å². The van der Waals surface area contributed by atoms with E-state index in [2.05, 4.69) is 10.6 Å². The highest BCUT2D eigenvalue weighted by atomic mass is 19.1. The fourth-order valence-electron chi connectivity index (χ4n) is 3.83. The lowest BCUT2D eigenvalue weighted by Crippen LogP contribution is -2.40. The third-order valence-electron chi connectivity index (χ3n) is 5.47. The minimum absolute atomic E-state index is 0.0388. The molecule has 0 bridgehead atoms. The van der Waals surface area contributed by atoms with E-state index in [0.29, 0.717) is 42.7 Å². The Morgan fingerprint density at radius 3 is 2.55 bits per heavy atom. The number of piperidine rings is 1. The second kappa shape index (κ2) is 10.7. The van der Waals surface area contributed by atoms with Crippen LogP contribution in [0.2, 0.25) is 0 Å². The molecule has 1 fully saturated rings. The van der Waals surface area contributed by atoms with Gasteiger partial charge in [-0.05, 0) is 55.5 Å². The van der Waals surface area contributed by atoms with E-state index < -0.39 is 0 Å². The molecule has 0 aliphatic carbocycles. The Morgan fingerprint density at radius 2 is 1.84 bits per heavy atom. The zero-order valence-electron chi connectivity index (χ0n) is 17.7. The fourth-order valence-corrected chi connectivity index (χ4v) is 3.83. The average Bonchev–Trinajstić information content (AvgIpc) is 2.77. The number of nitrogens with zero attached hydrogens (tertiary/aromatic N) is 1. The number of nitrogens with one attached hydrogen (secondary N) is 2. The Kier molecular flexibility index (Phi) is 7.76. The van der Waals surface area contributed by atoms with Gasteiger partial charge < -0.3 is 15.5 Å². The lowest BCUT2D eigenvalue weighted by atomic mass is 9.92. The molecule has 1 heterocycles. The summed E-state index contributed by atoms with van der Waals surface area (Å²) in [6.45, 7) is 2.93. The van der Waals surface area contributed by atoms with Crippen LogP contribution in [0, 0.1) is 11.7 Å². The van der Waals surface area contributed by atoms with Gasteiger partial charge in [-0.15, -0.1) is 0 Å². The predicted octanol–water partition coefficient (Wildman–Crippen LogP) is 3.73. The number of halogens is 1. The molecule has 2 N–H and O–H groups in total. The molecule has 31 heavy (non-hydrogen) atoms. The molecule has 0 spiro atoms. The van der Waals surface area contributed by atoms with Gasteiger partial charge in [0.05, 0.1) is 0 Å². The first-order valence-electron chi connectivity index (χ1n) is 10.6. The van der Waals surface area contributed by atoms with Crippen molar-refractivity contribution in [3.8, 4) is 0 Å². The van der Waals surface area contributed by atoms with Crippen molar-refractivity contribution in [3.05, 3.63) is 65.5 Å². The molecule has 164 valence electrons. The highest BCUT2D eigenvalue weighted by molar-refractivity contribution is 5.95. The summed E-state index contributed by atoms with van der Waals surface area (Å²) in [5.74, 6) is -0.371. The Hall–Kier alpha value is -3.22. The van der Waals surface area contributed by atoms with Gasteiger partial charge in [0.1, 0.15) is 5.82 Å². The van der Waals surface area contributed by atoms with Crippen molar-refractivity contribution in [3.63, 3.8) is 0 Å². The molecule has 3 amide bonds. The number of likely N-dealkylation sites (tertiary alicyclic amines) is 1. The third kappa shape index (κ3) is 6.64. The number of rotatable bonds is 7.